The fraction of sp³-hybridized carbons (Fsp3) is 0.600. The summed E-state index contributed by atoms with van der Waals surface area (Å²) in [5.41, 5.74) is 8.13. The van der Waals surface area contributed by atoms with Crippen molar-refractivity contribution < 1.29 is 4.74 Å². The number of methoxy groups -OCH3 is 1. The van der Waals surface area contributed by atoms with Crippen LogP contribution in [0.2, 0.25) is 0 Å². The van der Waals surface area contributed by atoms with Crippen molar-refractivity contribution in [1.29, 1.82) is 0 Å². The number of anilines is 1. The van der Waals surface area contributed by atoms with Crippen molar-refractivity contribution in [2.75, 3.05) is 40.0 Å². The van der Waals surface area contributed by atoms with Crippen molar-refractivity contribution in [3.63, 3.8) is 0 Å². The molecule has 1 aromatic rings. The lowest BCUT2D eigenvalue weighted by molar-refractivity contribution is 0.201. The van der Waals surface area contributed by atoms with Crippen LogP contribution in [0.3, 0.4) is 0 Å². The first-order valence-corrected chi connectivity index (χ1v) is 6.91. The van der Waals surface area contributed by atoms with Crippen molar-refractivity contribution in [2.45, 2.75) is 25.4 Å². The Labute approximate surface area is 116 Å². The summed E-state index contributed by atoms with van der Waals surface area (Å²) in [4.78, 5) is 4.80. The van der Waals surface area contributed by atoms with Crippen molar-refractivity contribution in [3.8, 4) is 5.75 Å². The van der Waals surface area contributed by atoms with Gasteiger partial charge in [-0.2, -0.15) is 0 Å². The van der Waals surface area contributed by atoms with Gasteiger partial charge in [-0.25, -0.2) is 0 Å². The molecule has 1 saturated heterocycles. The van der Waals surface area contributed by atoms with Crippen LogP contribution in [-0.4, -0.2) is 50.1 Å². The average molecular weight is 263 g/mol. The summed E-state index contributed by atoms with van der Waals surface area (Å²) in [7, 11) is 5.94. The first-order valence-electron chi connectivity index (χ1n) is 6.91. The summed E-state index contributed by atoms with van der Waals surface area (Å²) in [6.07, 6.45) is 2.57. The van der Waals surface area contributed by atoms with Gasteiger partial charge in [0.25, 0.3) is 0 Å². The number of nitrogens with two attached hydrogens (primary N) is 1. The molecule has 2 rings (SSSR count). The lowest BCUT2D eigenvalue weighted by Crippen LogP contribution is -2.37. The Bertz CT molecular complexity index is 420. The Balaban J connectivity index is 2.03. The third-order valence-corrected chi connectivity index (χ3v) is 3.80. The molecule has 1 fully saturated rings. The molecule has 106 valence electrons. The normalized spacial score (nSPS) is 20.1. The molecule has 1 heterocycles. The number of ether oxygens (including phenoxy) is 1. The number of nitrogens with zero attached hydrogens (tertiary/aromatic N) is 2. The molecule has 1 atom stereocenters. The highest BCUT2D eigenvalue weighted by atomic mass is 16.5. The quantitative estimate of drug-likeness (QED) is 0.823. The van der Waals surface area contributed by atoms with Gasteiger partial charge in [0.05, 0.1) is 7.11 Å². The van der Waals surface area contributed by atoms with Crippen LogP contribution in [0, 0.1) is 0 Å². The maximum Gasteiger partial charge on any atom is 0.120 e. The van der Waals surface area contributed by atoms with Gasteiger partial charge in [0, 0.05) is 30.9 Å². The molecule has 0 radical (unpaired) electrons. The zero-order valence-corrected chi connectivity index (χ0v) is 12.2. The molecule has 0 aliphatic carbocycles. The Kier molecular flexibility index (Phi) is 4.66. The summed E-state index contributed by atoms with van der Waals surface area (Å²) in [5, 5.41) is 0. The lowest BCUT2D eigenvalue weighted by Gasteiger charge is -2.27. The monoisotopic (exact) mass is 263 g/mol. The maximum absolute atomic E-state index is 6.10. The fourth-order valence-electron chi connectivity index (χ4n) is 2.79. The van der Waals surface area contributed by atoms with Crippen LogP contribution in [0.4, 0.5) is 5.69 Å². The predicted molar refractivity (Wildman–Crippen MR) is 79.4 cm³/mol. The smallest absolute Gasteiger partial charge is 0.120 e. The third kappa shape index (κ3) is 3.61. The molecule has 1 unspecified atom stereocenters. The molecule has 0 aromatic heterocycles. The lowest BCUT2D eigenvalue weighted by atomic mass is 10.1. The molecule has 4 nitrogen and oxygen atoms in total. The molecule has 4 heteroatoms. The van der Waals surface area contributed by atoms with E-state index in [9.17, 15) is 0 Å². The van der Waals surface area contributed by atoms with Crippen LogP contribution in [0.15, 0.2) is 18.2 Å². The zero-order chi connectivity index (χ0) is 13.8. The van der Waals surface area contributed by atoms with E-state index in [0.717, 1.165) is 24.5 Å². The first kappa shape index (κ1) is 14.2. The Morgan fingerprint density at radius 1 is 1.42 bits per heavy atom. The minimum Gasteiger partial charge on any atom is -0.497 e. The van der Waals surface area contributed by atoms with Crippen LogP contribution in [0.25, 0.3) is 0 Å². The summed E-state index contributed by atoms with van der Waals surface area (Å²) in [5.74, 6) is 0.826. The molecule has 0 spiro atoms. The molecule has 0 saturated carbocycles. The van der Waals surface area contributed by atoms with Crippen LogP contribution in [0.5, 0.6) is 5.75 Å². The second kappa shape index (κ2) is 6.26. The van der Waals surface area contributed by atoms with Crippen molar-refractivity contribution >= 4 is 5.69 Å². The Morgan fingerprint density at radius 3 is 2.84 bits per heavy atom. The third-order valence-electron chi connectivity index (χ3n) is 3.80. The number of likely N-dealkylation sites (N-methyl/N-ethyl adjacent to an activating group) is 1. The Morgan fingerprint density at radius 2 is 2.21 bits per heavy atom. The summed E-state index contributed by atoms with van der Waals surface area (Å²) in [6, 6.07) is 6.63. The highest BCUT2D eigenvalue weighted by Crippen LogP contribution is 2.25. The van der Waals surface area contributed by atoms with Crippen LogP contribution < -0.4 is 10.5 Å². The topological polar surface area (TPSA) is 41.7 Å². The number of benzene rings is 1. The number of hydrogen-bond acceptors (Lipinski definition) is 4. The number of hydrogen-bond donors (Lipinski definition) is 1. The predicted octanol–water partition coefficient (Wildman–Crippen LogP) is 1.80. The van der Waals surface area contributed by atoms with E-state index in [1.165, 1.54) is 24.9 Å². The standard InChI is InChI=1S/C15H25N3O/c1-17(2)11-13-5-4-8-18(13)10-12-6-7-14(19-3)9-15(12)16/h6-7,9,13H,4-5,8,10-11,16H2,1-3H3. The molecule has 2 N–H and O–H groups in total. The van der Waals surface area contributed by atoms with Gasteiger partial charge in [0.1, 0.15) is 5.75 Å². The Hall–Kier alpha value is -1.26. The van der Waals surface area contributed by atoms with Crippen LogP contribution in [-0.2, 0) is 6.54 Å². The second-order valence-corrected chi connectivity index (χ2v) is 5.59. The van der Waals surface area contributed by atoms with E-state index in [4.69, 9.17) is 10.5 Å². The van der Waals surface area contributed by atoms with Gasteiger partial charge < -0.3 is 15.4 Å². The van der Waals surface area contributed by atoms with Gasteiger partial charge in [-0.05, 0) is 45.1 Å². The van der Waals surface area contributed by atoms with Gasteiger partial charge in [-0.1, -0.05) is 6.07 Å². The number of nitrogen functional groups attached to an aromatic ring is 1. The SMILES string of the molecule is COc1ccc(CN2CCCC2CN(C)C)c(N)c1. The largest absolute Gasteiger partial charge is 0.497 e. The van der Waals surface area contributed by atoms with E-state index in [0.29, 0.717) is 6.04 Å². The van der Waals surface area contributed by atoms with Crippen LogP contribution in [0.1, 0.15) is 18.4 Å². The summed E-state index contributed by atoms with van der Waals surface area (Å²) < 4.78 is 5.19. The molecular weight excluding hydrogens is 238 g/mol. The number of likely N-dealkylation sites (tertiary alicyclic amines) is 1. The fourth-order valence-corrected chi connectivity index (χ4v) is 2.79. The minimum atomic E-state index is 0.650. The molecule has 1 aromatic carbocycles. The van der Waals surface area contributed by atoms with Crippen molar-refractivity contribution in [2.24, 2.45) is 0 Å². The van der Waals surface area contributed by atoms with Crippen LogP contribution >= 0.6 is 0 Å². The average Bonchev–Trinajstić information content (AvgIpc) is 2.78. The van der Waals surface area contributed by atoms with Gasteiger partial charge >= 0.3 is 0 Å². The molecule has 1 aliphatic heterocycles. The minimum absolute atomic E-state index is 0.650. The molecule has 0 bridgehead atoms. The van der Waals surface area contributed by atoms with Crippen molar-refractivity contribution in [3.05, 3.63) is 23.8 Å². The van der Waals surface area contributed by atoms with Gasteiger partial charge in [-0.15, -0.1) is 0 Å². The zero-order valence-electron chi connectivity index (χ0n) is 12.2. The van der Waals surface area contributed by atoms with E-state index in [1.54, 1.807) is 7.11 Å². The van der Waals surface area contributed by atoms with E-state index >= 15 is 0 Å². The number of rotatable bonds is 5. The van der Waals surface area contributed by atoms with E-state index < -0.39 is 0 Å². The molecule has 0 amide bonds. The van der Waals surface area contributed by atoms with Gasteiger partial charge in [0.15, 0.2) is 0 Å². The van der Waals surface area contributed by atoms with E-state index in [2.05, 4.69) is 30.0 Å². The summed E-state index contributed by atoms with van der Waals surface area (Å²) in [6.45, 7) is 3.23. The summed E-state index contributed by atoms with van der Waals surface area (Å²) >= 11 is 0. The molecule has 19 heavy (non-hydrogen) atoms. The first-order chi connectivity index (χ1) is 9.10. The van der Waals surface area contributed by atoms with Gasteiger partial charge in [0.2, 0.25) is 0 Å². The second-order valence-electron chi connectivity index (χ2n) is 5.59. The van der Waals surface area contributed by atoms with Gasteiger partial charge in [-0.3, -0.25) is 4.90 Å². The maximum atomic E-state index is 6.10. The highest BCUT2D eigenvalue weighted by Gasteiger charge is 2.25. The van der Waals surface area contributed by atoms with E-state index in [1.807, 2.05) is 12.1 Å². The highest BCUT2D eigenvalue weighted by molar-refractivity contribution is 5.51. The molecular formula is C15H25N3O. The van der Waals surface area contributed by atoms with E-state index in [-0.39, 0.29) is 0 Å². The van der Waals surface area contributed by atoms with Crippen molar-refractivity contribution in [1.82, 2.24) is 9.80 Å². The molecule has 1 aliphatic rings.